The maximum absolute atomic E-state index is 12.2. The van der Waals surface area contributed by atoms with Crippen LogP contribution in [0.15, 0.2) is 51.7 Å². The van der Waals surface area contributed by atoms with E-state index in [1.54, 1.807) is 18.2 Å². The number of phenolic OH excluding ortho intramolecular Hbond substituents is 1. The SMILES string of the molecule is Nc1c(Cl)cccc1C(=O)OCc1cc(=O)oc2cc(O)ccc12. The van der Waals surface area contributed by atoms with Crippen LogP contribution in [0.2, 0.25) is 5.02 Å². The number of esters is 1. The van der Waals surface area contributed by atoms with E-state index in [0.29, 0.717) is 10.9 Å². The van der Waals surface area contributed by atoms with Gasteiger partial charge in [0.05, 0.1) is 16.3 Å². The molecule has 2 aromatic carbocycles. The number of aromatic hydroxyl groups is 1. The topological polar surface area (TPSA) is 103 Å². The summed E-state index contributed by atoms with van der Waals surface area (Å²) in [6.07, 6.45) is 0. The predicted molar refractivity (Wildman–Crippen MR) is 89.1 cm³/mol. The first-order valence-electron chi connectivity index (χ1n) is 6.92. The van der Waals surface area contributed by atoms with Crippen LogP contribution < -0.4 is 11.4 Å². The number of hydrogen-bond donors (Lipinski definition) is 2. The molecule has 0 aliphatic heterocycles. The fraction of sp³-hybridized carbons (Fsp3) is 0.0588. The van der Waals surface area contributed by atoms with E-state index in [1.165, 1.54) is 24.3 Å². The Morgan fingerprint density at radius 3 is 2.83 bits per heavy atom. The average molecular weight is 346 g/mol. The van der Waals surface area contributed by atoms with Gasteiger partial charge in [-0.25, -0.2) is 9.59 Å². The van der Waals surface area contributed by atoms with E-state index in [4.69, 9.17) is 26.5 Å². The summed E-state index contributed by atoms with van der Waals surface area (Å²) < 4.78 is 10.2. The molecule has 3 rings (SSSR count). The molecule has 0 bridgehead atoms. The van der Waals surface area contributed by atoms with Crippen molar-refractivity contribution in [1.29, 1.82) is 0 Å². The summed E-state index contributed by atoms with van der Waals surface area (Å²) in [6.45, 7) is -0.155. The Hall–Kier alpha value is -2.99. The number of phenols is 1. The molecular weight excluding hydrogens is 334 g/mol. The molecule has 6 nitrogen and oxygen atoms in total. The maximum atomic E-state index is 12.2. The normalized spacial score (nSPS) is 10.7. The van der Waals surface area contributed by atoms with E-state index in [0.717, 1.165) is 0 Å². The van der Waals surface area contributed by atoms with Gasteiger partial charge in [0.15, 0.2) is 0 Å². The second kappa shape index (κ2) is 6.25. The highest BCUT2D eigenvalue weighted by atomic mass is 35.5. The first-order chi connectivity index (χ1) is 11.5. The van der Waals surface area contributed by atoms with Crippen LogP contribution in [0.1, 0.15) is 15.9 Å². The molecule has 0 unspecified atom stereocenters. The van der Waals surface area contributed by atoms with E-state index in [2.05, 4.69) is 0 Å². The molecule has 1 heterocycles. The second-order valence-electron chi connectivity index (χ2n) is 5.05. The zero-order valence-electron chi connectivity index (χ0n) is 12.3. The lowest BCUT2D eigenvalue weighted by Gasteiger charge is -2.09. The monoisotopic (exact) mass is 345 g/mol. The molecule has 0 fully saturated rings. The Bertz CT molecular complexity index is 996. The molecule has 0 aliphatic carbocycles. The lowest BCUT2D eigenvalue weighted by atomic mass is 10.1. The number of carbonyl (C=O) groups is 1. The average Bonchev–Trinajstić information content (AvgIpc) is 2.54. The van der Waals surface area contributed by atoms with Crippen molar-refractivity contribution in [2.24, 2.45) is 0 Å². The number of fused-ring (bicyclic) bond motifs is 1. The summed E-state index contributed by atoms with van der Waals surface area (Å²) in [7, 11) is 0. The summed E-state index contributed by atoms with van der Waals surface area (Å²) >= 11 is 5.88. The fourth-order valence-corrected chi connectivity index (χ4v) is 2.45. The van der Waals surface area contributed by atoms with Crippen LogP contribution in [0.4, 0.5) is 5.69 Å². The standard InChI is InChI=1S/C17H12ClNO5/c18-13-3-1-2-12(16(13)19)17(22)23-8-9-6-15(21)24-14-7-10(20)4-5-11(9)14/h1-7,20H,8,19H2. The van der Waals surface area contributed by atoms with Crippen molar-refractivity contribution in [2.75, 3.05) is 5.73 Å². The van der Waals surface area contributed by atoms with Crippen LogP contribution in [0.5, 0.6) is 5.75 Å². The van der Waals surface area contributed by atoms with Crippen molar-refractivity contribution in [2.45, 2.75) is 6.61 Å². The third-order valence-electron chi connectivity index (χ3n) is 3.45. The van der Waals surface area contributed by atoms with Crippen molar-refractivity contribution in [1.82, 2.24) is 0 Å². The molecular formula is C17H12ClNO5. The van der Waals surface area contributed by atoms with E-state index < -0.39 is 11.6 Å². The van der Waals surface area contributed by atoms with E-state index >= 15 is 0 Å². The van der Waals surface area contributed by atoms with Gasteiger partial charge in [0, 0.05) is 23.1 Å². The van der Waals surface area contributed by atoms with Crippen LogP contribution in [0, 0.1) is 0 Å². The molecule has 0 radical (unpaired) electrons. The van der Waals surface area contributed by atoms with Crippen LogP contribution >= 0.6 is 11.6 Å². The number of ether oxygens (including phenoxy) is 1. The summed E-state index contributed by atoms with van der Waals surface area (Å²) in [5, 5.41) is 10.3. The summed E-state index contributed by atoms with van der Waals surface area (Å²) in [6, 6.07) is 10.2. The highest BCUT2D eigenvalue weighted by Gasteiger charge is 2.15. The Balaban J connectivity index is 1.89. The minimum absolute atomic E-state index is 0.0357. The lowest BCUT2D eigenvalue weighted by molar-refractivity contribution is 0.0475. The Morgan fingerprint density at radius 2 is 2.04 bits per heavy atom. The van der Waals surface area contributed by atoms with Crippen LogP contribution in [-0.4, -0.2) is 11.1 Å². The molecule has 0 saturated heterocycles. The van der Waals surface area contributed by atoms with E-state index in [9.17, 15) is 14.7 Å². The number of hydrogen-bond acceptors (Lipinski definition) is 6. The number of anilines is 1. The smallest absolute Gasteiger partial charge is 0.340 e. The molecule has 7 heteroatoms. The third kappa shape index (κ3) is 3.04. The Kier molecular flexibility index (Phi) is 4.14. The Labute approximate surface area is 141 Å². The van der Waals surface area contributed by atoms with Gasteiger partial charge in [-0.05, 0) is 24.3 Å². The molecule has 24 heavy (non-hydrogen) atoms. The van der Waals surface area contributed by atoms with E-state index in [1.807, 2.05) is 0 Å². The van der Waals surface area contributed by atoms with Gasteiger partial charge in [-0.15, -0.1) is 0 Å². The van der Waals surface area contributed by atoms with Crippen molar-refractivity contribution in [3.63, 3.8) is 0 Å². The van der Waals surface area contributed by atoms with Gasteiger partial charge in [0.2, 0.25) is 0 Å². The van der Waals surface area contributed by atoms with Gasteiger partial charge in [0.25, 0.3) is 0 Å². The predicted octanol–water partition coefficient (Wildman–Crippen LogP) is 3.09. The van der Waals surface area contributed by atoms with Gasteiger partial charge in [-0.3, -0.25) is 0 Å². The first-order valence-corrected chi connectivity index (χ1v) is 7.30. The number of halogens is 1. The Morgan fingerprint density at radius 1 is 1.25 bits per heavy atom. The van der Waals surface area contributed by atoms with Crippen molar-refractivity contribution >= 4 is 34.2 Å². The number of nitrogen functional groups attached to an aromatic ring is 1. The lowest BCUT2D eigenvalue weighted by Crippen LogP contribution is -2.10. The van der Waals surface area contributed by atoms with Crippen molar-refractivity contribution < 1.29 is 19.1 Å². The first kappa shape index (κ1) is 15.9. The molecule has 0 atom stereocenters. The highest BCUT2D eigenvalue weighted by molar-refractivity contribution is 6.33. The van der Waals surface area contributed by atoms with Crippen LogP contribution in [0.25, 0.3) is 11.0 Å². The number of carbonyl (C=O) groups excluding carboxylic acids is 1. The molecule has 0 amide bonds. The molecule has 0 saturated carbocycles. The maximum Gasteiger partial charge on any atom is 0.340 e. The van der Waals surface area contributed by atoms with Gasteiger partial charge < -0.3 is 20.0 Å². The van der Waals surface area contributed by atoms with Crippen LogP contribution in [-0.2, 0) is 11.3 Å². The van der Waals surface area contributed by atoms with Crippen molar-refractivity contribution in [3.05, 3.63) is 69.0 Å². The summed E-state index contributed by atoms with van der Waals surface area (Å²) in [4.78, 5) is 23.8. The zero-order valence-corrected chi connectivity index (χ0v) is 13.0. The van der Waals surface area contributed by atoms with Gasteiger partial charge in [-0.1, -0.05) is 17.7 Å². The molecule has 3 aromatic rings. The molecule has 122 valence electrons. The molecule has 1 aromatic heterocycles. The fourth-order valence-electron chi connectivity index (χ4n) is 2.27. The van der Waals surface area contributed by atoms with Gasteiger partial charge in [0.1, 0.15) is 17.9 Å². The van der Waals surface area contributed by atoms with Crippen LogP contribution in [0.3, 0.4) is 0 Å². The quantitative estimate of drug-likeness (QED) is 0.429. The molecule has 3 N–H and O–H groups in total. The molecule has 0 spiro atoms. The summed E-state index contributed by atoms with van der Waals surface area (Å²) in [5.74, 6) is -0.693. The minimum atomic E-state index is -0.657. The molecule has 0 aliphatic rings. The third-order valence-corrected chi connectivity index (χ3v) is 3.77. The largest absolute Gasteiger partial charge is 0.508 e. The highest BCUT2D eigenvalue weighted by Crippen LogP contribution is 2.25. The second-order valence-corrected chi connectivity index (χ2v) is 5.46. The summed E-state index contributed by atoms with van der Waals surface area (Å²) in [5.41, 5.74) is 6.08. The number of benzene rings is 2. The minimum Gasteiger partial charge on any atom is -0.508 e. The zero-order chi connectivity index (χ0) is 17.3. The number of para-hydroxylation sites is 1. The van der Waals surface area contributed by atoms with Gasteiger partial charge in [-0.2, -0.15) is 0 Å². The number of nitrogens with two attached hydrogens (primary N) is 1. The van der Waals surface area contributed by atoms with Gasteiger partial charge >= 0.3 is 11.6 Å². The van der Waals surface area contributed by atoms with E-state index in [-0.39, 0.29) is 34.2 Å². The number of rotatable bonds is 3. The van der Waals surface area contributed by atoms with Crippen molar-refractivity contribution in [3.8, 4) is 5.75 Å².